The van der Waals surface area contributed by atoms with Crippen LogP contribution in [0, 0.1) is 0 Å². The molecule has 8 heteroatoms. The SMILES string of the molecule is O=S1(=O)NC(C(F)(F)F)=Nc2ccccc21. The molecule has 1 aromatic carbocycles. The van der Waals surface area contributed by atoms with Crippen LogP contribution < -0.4 is 4.72 Å². The predicted molar refractivity (Wildman–Crippen MR) is 49.9 cm³/mol. The molecule has 0 fully saturated rings. The van der Waals surface area contributed by atoms with Gasteiger partial charge in [-0.25, -0.2) is 13.4 Å². The number of hydrogen-bond donors (Lipinski definition) is 1. The Balaban J connectivity index is 2.66. The van der Waals surface area contributed by atoms with Gasteiger partial charge in [0.05, 0.1) is 5.69 Å². The molecule has 0 aliphatic carbocycles. The average molecular weight is 250 g/mol. The van der Waals surface area contributed by atoms with E-state index in [2.05, 4.69) is 4.99 Å². The van der Waals surface area contributed by atoms with Crippen molar-refractivity contribution in [2.45, 2.75) is 11.1 Å². The van der Waals surface area contributed by atoms with Crippen molar-refractivity contribution in [3.8, 4) is 0 Å². The predicted octanol–water partition coefficient (Wildman–Crippen LogP) is 1.57. The highest BCUT2D eigenvalue weighted by atomic mass is 32.2. The van der Waals surface area contributed by atoms with Crippen LogP contribution in [0.5, 0.6) is 0 Å². The van der Waals surface area contributed by atoms with Gasteiger partial charge >= 0.3 is 6.18 Å². The van der Waals surface area contributed by atoms with Crippen molar-refractivity contribution in [3.05, 3.63) is 24.3 Å². The van der Waals surface area contributed by atoms with Crippen LogP contribution >= 0.6 is 0 Å². The summed E-state index contributed by atoms with van der Waals surface area (Å²) in [6, 6.07) is 5.22. The molecular weight excluding hydrogens is 245 g/mol. The van der Waals surface area contributed by atoms with Gasteiger partial charge in [-0.3, -0.25) is 4.72 Å². The van der Waals surface area contributed by atoms with E-state index in [1.54, 1.807) is 0 Å². The summed E-state index contributed by atoms with van der Waals surface area (Å²) in [6.45, 7) is 0. The molecule has 16 heavy (non-hydrogen) atoms. The third-order valence-corrected chi connectivity index (χ3v) is 3.27. The number of sulfonamides is 1. The Morgan fingerprint density at radius 2 is 1.81 bits per heavy atom. The van der Waals surface area contributed by atoms with Gasteiger partial charge < -0.3 is 0 Å². The molecule has 0 spiro atoms. The number of benzene rings is 1. The van der Waals surface area contributed by atoms with E-state index in [0.29, 0.717) is 0 Å². The number of para-hydroxylation sites is 1. The summed E-state index contributed by atoms with van der Waals surface area (Å²) in [5.41, 5.74) is -0.214. The van der Waals surface area contributed by atoms with Gasteiger partial charge in [-0.2, -0.15) is 13.2 Å². The second-order valence-electron chi connectivity index (χ2n) is 3.03. The van der Waals surface area contributed by atoms with Crippen LogP contribution in [0.25, 0.3) is 0 Å². The first-order valence-corrected chi connectivity index (χ1v) is 5.57. The van der Waals surface area contributed by atoms with Gasteiger partial charge in [-0.1, -0.05) is 12.1 Å². The first-order chi connectivity index (χ1) is 7.31. The Morgan fingerprint density at radius 3 is 2.44 bits per heavy atom. The van der Waals surface area contributed by atoms with Crippen LogP contribution in [0.3, 0.4) is 0 Å². The van der Waals surface area contributed by atoms with Gasteiger partial charge in [0.2, 0.25) is 5.84 Å². The van der Waals surface area contributed by atoms with E-state index in [0.717, 1.165) is 0 Å². The molecule has 1 aromatic rings. The summed E-state index contributed by atoms with van der Waals surface area (Å²) in [4.78, 5) is 2.95. The van der Waals surface area contributed by atoms with Crippen molar-refractivity contribution >= 4 is 21.5 Å². The van der Waals surface area contributed by atoms with Crippen molar-refractivity contribution in [1.82, 2.24) is 4.72 Å². The number of rotatable bonds is 0. The molecule has 1 N–H and O–H groups in total. The van der Waals surface area contributed by atoms with Crippen LogP contribution in [0.15, 0.2) is 34.2 Å². The molecule has 1 aliphatic rings. The molecule has 1 heterocycles. The highest BCUT2D eigenvalue weighted by Gasteiger charge is 2.41. The molecule has 1 aliphatic heterocycles. The monoisotopic (exact) mass is 250 g/mol. The van der Waals surface area contributed by atoms with Crippen LogP contribution in [0.4, 0.5) is 18.9 Å². The van der Waals surface area contributed by atoms with Gasteiger partial charge in [-0.05, 0) is 12.1 Å². The second kappa shape index (κ2) is 3.21. The summed E-state index contributed by atoms with van der Waals surface area (Å²) in [5, 5.41) is 0. The van der Waals surface area contributed by atoms with E-state index in [1.807, 2.05) is 0 Å². The number of nitrogens with zero attached hydrogens (tertiary/aromatic N) is 1. The van der Waals surface area contributed by atoms with E-state index in [-0.39, 0.29) is 10.6 Å². The maximum atomic E-state index is 12.3. The molecule has 2 rings (SSSR count). The lowest BCUT2D eigenvalue weighted by molar-refractivity contribution is -0.0607. The van der Waals surface area contributed by atoms with Crippen molar-refractivity contribution in [3.63, 3.8) is 0 Å². The molecule has 86 valence electrons. The van der Waals surface area contributed by atoms with Gasteiger partial charge in [0.1, 0.15) is 4.90 Å². The van der Waals surface area contributed by atoms with Crippen molar-refractivity contribution in [2.75, 3.05) is 0 Å². The van der Waals surface area contributed by atoms with Gasteiger partial charge in [-0.15, -0.1) is 0 Å². The molecule has 4 nitrogen and oxygen atoms in total. The second-order valence-corrected chi connectivity index (χ2v) is 4.68. The molecule has 0 atom stereocenters. The lowest BCUT2D eigenvalue weighted by Crippen LogP contribution is -2.42. The smallest absolute Gasteiger partial charge is 0.259 e. The fourth-order valence-corrected chi connectivity index (χ4v) is 2.40. The fraction of sp³-hybridized carbons (Fsp3) is 0.125. The molecule has 0 amide bonds. The largest absolute Gasteiger partial charge is 0.450 e. The first kappa shape index (κ1) is 10.9. The summed E-state index contributed by atoms with van der Waals surface area (Å²) in [5.74, 6) is -1.52. The molecule has 0 saturated heterocycles. The normalized spacial score (nSPS) is 18.3. The summed E-state index contributed by atoms with van der Waals surface area (Å²) in [7, 11) is -4.18. The standard InChI is InChI=1S/C8H5F3N2O2S/c9-8(10,11)7-12-5-3-1-2-4-6(5)16(14,15)13-7/h1-4H,(H,12,13). The van der Waals surface area contributed by atoms with Crippen molar-refractivity contribution in [1.29, 1.82) is 0 Å². The lowest BCUT2D eigenvalue weighted by atomic mass is 10.3. The minimum atomic E-state index is -4.82. The highest BCUT2D eigenvalue weighted by molar-refractivity contribution is 7.90. The number of hydrogen-bond acceptors (Lipinski definition) is 3. The minimum absolute atomic E-state index is 0.214. The maximum Gasteiger partial charge on any atom is 0.450 e. The molecule has 0 radical (unpaired) electrons. The first-order valence-electron chi connectivity index (χ1n) is 4.08. The zero-order valence-electron chi connectivity index (χ0n) is 7.62. The van der Waals surface area contributed by atoms with Gasteiger partial charge in [0.25, 0.3) is 10.0 Å². The molecule has 0 aromatic heterocycles. The Kier molecular flexibility index (Phi) is 2.19. The van der Waals surface area contributed by atoms with Crippen LogP contribution in [0.2, 0.25) is 0 Å². The Bertz CT molecular complexity index is 563. The number of halogens is 3. The number of amidine groups is 1. The van der Waals surface area contributed by atoms with E-state index in [1.165, 1.54) is 29.0 Å². The van der Waals surface area contributed by atoms with Crippen LogP contribution in [-0.4, -0.2) is 20.4 Å². The van der Waals surface area contributed by atoms with Crippen molar-refractivity contribution in [2.24, 2.45) is 4.99 Å². The number of alkyl halides is 3. The summed E-state index contributed by atoms with van der Waals surface area (Å²) in [6.07, 6.45) is -4.82. The van der Waals surface area contributed by atoms with E-state index in [4.69, 9.17) is 0 Å². The van der Waals surface area contributed by atoms with E-state index < -0.39 is 22.0 Å². The van der Waals surface area contributed by atoms with Crippen LogP contribution in [-0.2, 0) is 10.0 Å². The minimum Gasteiger partial charge on any atom is -0.259 e. The fourth-order valence-electron chi connectivity index (χ4n) is 1.22. The van der Waals surface area contributed by atoms with Crippen LogP contribution in [0.1, 0.15) is 0 Å². The summed E-state index contributed by atoms with van der Waals surface area (Å²) < 4.78 is 61.2. The van der Waals surface area contributed by atoms with E-state index in [9.17, 15) is 21.6 Å². The van der Waals surface area contributed by atoms with E-state index >= 15 is 0 Å². The number of fused-ring (bicyclic) bond motifs is 1. The van der Waals surface area contributed by atoms with Crippen molar-refractivity contribution < 1.29 is 21.6 Å². The molecule has 0 unspecified atom stereocenters. The average Bonchev–Trinajstić information content (AvgIpc) is 2.15. The molecule has 0 saturated carbocycles. The quantitative estimate of drug-likeness (QED) is 0.759. The summed E-state index contributed by atoms with van der Waals surface area (Å²) >= 11 is 0. The Labute approximate surface area is 88.9 Å². The topological polar surface area (TPSA) is 58.5 Å². The molecular formula is C8H5F3N2O2S. The zero-order chi connectivity index (χ0) is 12.0. The van der Waals surface area contributed by atoms with Gasteiger partial charge in [0, 0.05) is 0 Å². The number of aliphatic imine (C=N–C) groups is 1. The maximum absolute atomic E-state index is 12.3. The zero-order valence-corrected chi connectivity index (χ0v) is 8.43. The number of nitrogens with one attached hydrogen (secondary N) is 1. The Hall–Kier alpha value is -1.57. The van der Waals surface area contributed by atoms with Gasteiger partial charge in [0.15, 0.2) is 0 Å². The Morgan fingerprint density at radius 1 is 1.19 bits per heavy atom. The lowest BCUT2D eigenvalue weighted by Gasteiger charge is -2.18. The highest BCUT2D eigenvalue weighted by Crippen LogP contribution is 2.30. The molecule has 0 bridgehead atoms. The third-order valence-electron chi connectivity index (χ3n) is 1.89. The third kappa shape index (κ3) is 1.75.